The SMILES string of the molecule is CCOC(=O)CCS(=O)(=O)N[C@H]1CCCC[C@@H]1O. The summed E-state index contributed by atoms with van der Waals surface area (Å²) in [4.78, 5) is 11.1. The summed E-state index contributed by atoms with van der Waals surface area (Å²) >= 11 is 0. The highest BCUT2D eigenvalue weighted by atomic mass is 32.2. The molecular formula is C11H21NO5S. The maximum atomic E-state index is 11.7. The smallest absolute Gasteiger partial charge is 0.306 e. The Hall–Kier alpha value is -0.660. The van der Waals surface area contributed by atoms with E-state index >= 15 is 0 Å². The zero-order valence-corrected chi connectivity index (χ0v) is 11.4. The molecule has 0 radical (unpaired) electrons. The maximum Gasteiger partial charge on any atom is 0.306 e. The first-order chi connectivity index (χ1) is 8.44. The van der Waals surface area contributed by atoms with Crippen LogP contribution in [0.2, 0.25) is 0 Å². The second kappa shape index (κ2) is 7.06. The van der Waals surface area contributed by atoms with E-state index in [1.165, 1.54) is 0 Å². The number of aliphatic hydroxyl groups excluding tert-OH is 1. The van der Waals surface area contributed by atoms with Gasteiger partial charge in [-0.2, -0.15) is 0 Å². The van der Waals surface area contributed by atoms with Gasteiger partial charge in [-0.3, -0.25) is 4.79 Å². The van der Waals surface area contributed by atoms with E-state index in [9.17, 15) is 18.3 Å². The van der Waals surface area contributed by atoms with E-state index in [0.717, 1.165) is 12.8 Å². The minimum absolute atomic E-state index is 0.161. The largest absolute Gasteiger partial charge is 0.466 e. The second-order valence-corrected chi connectivity index (χ2v) is 6.32. The van der Waals surface area contributed by atoms with Gasteiger partial charge in [0.15, 0.2) is 0 Å². The second-order valence-electron chi connectivity index (χ2n) is 4.45. The molecule has 6 nitrogen and oxygen atoms in total. The van der Waals surface area contributed by atoms with Gasteiger partial charge in [-0.25, -0.2) is 13.1 Å². The Bertz CT molecular complexity index is 368. The molecule has 1 aliphatic carbocycles. The fourth-order valence-electron chi connectivity index (χ4n) is 1.99. The molecule has 0 heterocycles. The highest BCUT2D eigenvalue weighted by molar-refractivity contribution is 7.89. The van der Waals surface area contributed by atoms with E-state index in [4.69, 9.17) is 0 Å². The predicted molar refractivity (Wildman–Crippen MR) is 66.4 cm³/mol. The summed E-state index contributed by atoms with van der Waals surface area (Å²) in [6.45, 7) is 1.91. The molecule has 1 saturated carbocycles. The van der Waals surface area contributed by atoms with Crippen LogP contribution >= 0.6 is 0 Å². The van der Waals surface area contributed by atoms with Crippen molar-refractivity contribution in [3.8, 4) is 0 Å². The van der Waals surface area contributed by atoms with Crippen molar-refractivity contribution in [3.63, 3.8) is 0 Å². The number of sulfonamides is 1. The fraction of sp³-hybridized carbons (Fsp3) is 0.909. The van der Waals surface area contributed by atoms with Gasteiger partial charge in [-0.15, -0.1) is 0 Å². The molecule has 2 N–H and O–H groups in total. The number of nitrogens with one attached hydrogen (secondary N) is 1. The summed E-state index contributed by atoms with van der Waals surface area (Å²) in [5.41, 5.74) is 0. The lowest BCUT2D eigenvalue weighted by atomic mass is 9.93. The molecular weight excluding hydrogens is 258 g/mol. The third kappa shape index (κ3) is 5.32. The molecule has 0 aliphatic heterocycles. The quantitative estimate of drug-likeness (QED) is 0.676. The first-order valence-electron chi connectivity index (χ1n) is 6.28. The number of aliphatic hydroxyl groups is 1. The first kappa shape index (κ1) is 15.4. The fourth-order valence-corrected chi connectivity index (χ4v) is 3.28. The average molecular weight is 279 g/mol. The molecule has 18 heavy (non-hydrogen) atoms. The highest BCUT2D eigenvalue weighted by Crippen LogP contribution is 2.19. The van der Waals surface area contributed by atoms with Crippen LogP contribution < -0.4 is 4.72 Å². The van der Waals surface area contributed by atoms with Gasteiger partial charge in [0.2, 0.25) is 10.0 Å². The number of esters is 1. The molecule has 1 fully saturated rings. The summed E-state index contributed by atoms with van der Waals surface area (Å²) in [6, 6.07) is -0.425. The van der Waals surface area contributed by atoms with Gasteiger partial charge in [-0.1, -0.05) is 12.8 Å². The van der Waals surface area contributed by atoms with Crippen molar-refractivity contribution in [1.29, 1.82) is 0 Å². The number of carbonyl (C=O) groups excluding carboxylic acids is 1. The molecule has 0 aromatic heterocycles. The zero-order chi connectivity index (χ0) is 13.6. The third-order valence-corrected chi connectivity index (χ3v) is 4.34. The lowest BCUT2D eigenvalue weighted by molar-refractivity contribution is -0.142. The van der Waals surface area contributed by atoms with E-state index in [-0.39, 0.29) is 18.8 Å². The minimum Gasteiger partial charge on any atom is -0.466 e. The molecule has 2 atom stereocenters. The molecule has 0 amide bonds. The Labute approximate surface area is 108 Å². The van der Waals surface area contributed by atoms with Gasteiger partial charge in [-0.05, 0) is 19.8 Å². The van der Waals surface area contributed by atoms with Crippen molar-refractivity contribution < 1.29 is 23.1 Å². The molecule has 0 saturated heterocycles. The van der Waals surface area contributed by atoms with Crippen LogP contribution in [-0.4, -0.2) is 44.0 Å². The van der Waals surface area contributed by atoms with Crippen LogP contribution in [0.15, 0.2) is 0 Å². The average Bonchev–Trinajstić information content (AvgIpc) is 2.30. The van der Waals surface area contributed by atoms with Gasteiger partial charge in [0, 0.05) is 6.04 Å². The molecule has 1 aliphatic rings. The summed E-state index contributed by atoms with van der Waals surface area (Å²) in [5.74, 6) is -0.818. The molecule has 7 heteroatoms. The van der Waals surface area contributed by atoms with E-state index < -0.39 is 28.1 Å². The Morgan fingerprint density at radius 3 is 2.67 bits per heavy atom. The van der Waals surface area contributed by atoms with Crippen LogP contribution in [0.3, 0.4) is 0 Å². The minimum atomic E-state index is -3.54. The summed E-state index contributed by atoms with van der Waals surface area (Å²) < 4.78 is 30.6. The normalized spacial score (nSPS) is 24.8. The van der Waals surface area contributed by atoms with Gasteiger partial charge in [0.05, 0.1) is 24.9 Å². The van der Waals surface area contributed by atoms with Crippen LogP contribution in [0.4, 0.5) is 0 Å². The highest BCUT2D eigenvalue weighted by Gasteiger charge is 2.27. The molecule has 0 aromatic rings. The van der Waals surface area contributed by atoms with Crippen molar-refractivity contribution in [2.45, 2.75) is 51.2 Å². The van der Waals surface area contributed by atoms with Crippen molar-refractivity contribution in [2.24, 2.45) is 0 Å². The van der Waals surface area contributed by atoms with Crippen LogP contribution in [-0.2, 0) is 19.6 Å². The molecule has 1 rings (SSSR count). The van der Waals surface area contributed by atoms with Gasteiger partial charge >= 0.3 is 5.97 Å². The molecule has 0 aromatic carbocycles. The third-order valence-electron chi connectivity index (χ3n) is 2.94. The van der Waals surface area contributed by atoms with Crippen LogP contribution in [0.1, 0.15) is 39.0 Å². The number of carbonyl (C=O) groups is 1. The number of rotatable bonds is 6. The van der Waals surface area contributed by atoms with Crippen LogP contribution in [0.25, 0.3) is 0 Å². The molecule has 0 bridgehead atoms. The number of hydrogen-bond acceptors (Lipinski definition) is 5. The van der Waals surface area contributed by atoms with E-state index in [1.54, 1.807) is 6.92 Å². The predicted octanol–water partition coefficient (Wildman–Crippen LogP) is 0.162. The van der Waals surface area contributed by atoms with Crippen molar-refractivity contribution in [3.05, 3.63) is 0 Å². The van der Waals surface area contributed by atoms with Crippen LogP contribution in [0.5, 0.6) is 0 Å². The van der Waals surface area contributed by atoms with E-state index in [0.29, 0.717) is 12.8 Å². The Kier molecular flexibility index (Phi) is 6.04. The van der Waals surface area contributed by atoms with E-state index in [1.807, 2.05) is 0 Å². The summed E-state index contributed by atoms with van der Waals surface area (Å²) in [6.07, 6.45) is 2.29. The van der Waals surface area contributed by atoms with Crippen molar-refractivity contribution >= 4 is 16.0 Å². The van der Waals surface area contributed by atoms with Crippen molar-refractivity contribution in [2.75, 3.05) is 12.4 Å². The summed E-state index contributed by atoms with van der Waals surface area (Å²) in [5, 5.41) is 9.68. The van der Waals surface area contributed by atoms with Gasteiger partial charge in [0.25, 0.3) is 0 Å². The zero-order valence-electron chi connectivity index (χ0n) is 10.6. The standard InChI is InChI=1S/C11H21NO5S/c1-2-17-11(14)7-8-18(15,16)12-9-5-3-4-6-10(9)13/h9-10,12-13H,2-8H2,1H3/t9-,10-/m0/s1. The number of hydrogen-bond donors (Lipinski definition) is 2. The first-order valence-corrected chi connectivity index (χ1v) is 7.93. The maximum absolute atomic E-state index is 11.7. The molecule has 0 spiro atoms. The topological polar surface area (TPSA) is 92.7 Å². The van der Waals surface area contributed by atoms with Crippen LogP contribution in [0, 0.1) is 0 Å². The van der Waals surface area contributed by atoms with E-state index in [2.05, 4.69) is 9.46 Å². The molecule has 0 unspecified atom stereocenters. The van der Waals surface area contributed by atoms with Gasteiger partial charge in [0.1, 0.15) is 0 Å². The Balaban J connectivity index is 2.41. The van der Waals surface area contributed by atoms with Crippen molar-refractivity contribution in [1.82, 2.24) is 4.72 Å². The lowest BCUT2D eigenvalue weighted by Crippen LogP contribution is -2.45. The monoisotopic (exact) mass is 279 g/mol. The Morgan fingerprint density at radius 1 is 1.39 bits per heavy atom. The summed E-state index contributed by atoms with van der Waals surface area (Å²) in [7, 11) is -3.54. The Morgan fingerprint density at radius 2 is 2.06 bits per heavy atom. The lowest BCUT2D eigenvalue weighted by Gasteiger charge is -2.27. The molecule has 106 valence electrons. The van der Waals surface area contributed by atoms with Gasteiger partial charge < -0.3 is 9.84 Å². The number of ether oxygens (including phenoxy) is 1.